The number of halogens is 2. The molecule has 0 heterocycles. The van der Waals surface area contributed by atoms with Crippen molar-refractivity contribution in [3.63, 3.8) is 0 Å². The summed E-state index contributed by atoms with van der Waals surface area (Å²) < 4.78 is 26.3. The van der Waals surface area contributed by atoms with Gasteiger partial charge in [-0.3, -0.25) is 4.79 Å². The van der Waals surface area contributed by atoms with Crippen molar-refractivity contribution in [2.24, 2.45) is 0 Å². The lowest BCUT2D eigenvalue weighted by molar-refractivity contribution is -0.115. The molecule has 3 nitrogen and oxygen atoms in total. The first-order valence-electron chi connectivity index (χ1n) is 5.64. The van der Waals surface area contributed by atoms with Crippen LogP contribution in [0.4, 0.5) is 20.2 Å². The second-order valence-electron chi connectivity index (χ2n) is 4.07. The smallest absolute Gasteiger partial charge is 0.228 e. The third-order valence-corrected chi connectivity index (χ3v) is 2.57. The highest BCUT2D eigenvalue weighted by molar-refractivity contribution is 5.92. The number of nitrogen functional groups attached to an aromatic ring is 1. The van der Waals surface area contributed by atoms with E-state index >= 15 is 0 Å². The highest BCUT2D eigenvalue weighted by atomic mass is 19.2. The molecular weight excluding hydrogens is 250 g/mol. The molecule has 2 aromatic carbocycles. The molecule has 0 saturated carbocycles. The van der Waals surface area contributed by atoms with Gasteiger partial charge in [0, 0.05) is 5.69 Å². The number of benzene rings is 2. The average Bonchev–Trinajstić information content (AvgIpc) is 2.38. The maximum atomic E-state index is 13.3. The number of rotatable bonds is 3. The van der Waals surface area contributed by atoms with E-state index in [4.69, 9.17) is 5.73 Å². The minimum atomic E-state index is -1.06. The highest BCUT2D eigenvalue weighted by Gasteiger charge is 2.10. The van der Waals surface area contributed by atoms with Crippen LogP contribution in [0.1, 0.15) is 5.56 Å². The molecule has 2 aromatic rings. The van der Waals surface area contributed by atoms with Crippen molar-refractivity contribution in [2.45, 2.75) is 6.42 Å². The van der Waals surface area contributed by atoms with E-state index in [1.807, 2.05) is 0 Å². The standard InChI is InChI=1S/C14H12F2N2O/c15-11-2-1-3-12(14(11)16)18-13(19)8-9-4-6-10(17)7-5-9/h1-7H,8,17H2,(H,18,19). The van der Waals surface area contributed by atoms with Gasteiger partial charge in [0.25, 0.3) is 0 Å². The molecule has 0 aliphatic carbocycles. The molecule has 0 aliphatic rings. The van der Waals surface area contributed by atoms with Gasteiger partial charge in [-0.25, -0.2) is 8.78 Å². The Kier molecular flexibility index (Phi) is 3.75. The van der Waals surface area contributed by atoms with Crippen LogP contribution in [-0.2, 0) is 11.2 Å². The van der Waals surface area contributed by atoms with E-state index in [0.29, 0.717) is 5.69 Å². The number of amides is 1. The van der Waals surface area contributed by atoms with Crippen molar-refractivity contribution in [2.75, 3.05) is 11.1 Å². The maximum absolute atomic E-state index is 13.3. The number of hydrogen-bond donors (Lipinski definition) is 2. The third kappa shape index (κ3) is 3.28. The van der Waals surface area contributed by atoms with Crippen LogP contribution in [-0.4, -0.2) is 5.91 Å². The molecule has 0 unspecified atom stereocenters. The number of anilines is 2. The summed E-state index contributed by atoms with van der Waals surface area (Å²) in [6, 6.07) is 10.4. The van der Waals surface area contributed by atoms with Gasteiger partial charge in [0.1, 0.15) is 0 Å². The van der Waals surface area contributed by atoms with Gasteiger partial charge in [-0.2, -0.15) is 0 Å². The fourth-order valence-corrected chi connectivity index (χ4v) is 1.62. The SMILES string of the molecule is Nc1ccc(CC(=O)Nc2cccc(F)c2F)cc1. The van der Waals surface area contributed by atoms with Crippen LogP contribution in [0, 0.1) is 11.6 Å². The highest BCUT2D eigenvalue weighted by Crippen LogP contribution is 2.17. The number of carbonyl (C=O) groups is 1. The molecule has 0 saturated heterocycles. The van der Waals surface area contributed by atoms with Gasteiger partial charge in [-0.15, -0.1) is 0 Å². The zero-order valence-electron chi connectivity index (χ0n) is 9.99. The van der Waals surface area contributed by atoms with Crippen LogP contribution >= 0.6 is 0 Å². The molecule has 98 valence electrons. The van der Waals surface area contributed by atoms with Crippen LogP contribution in [0.3, 0.4) is 0 Å². The van der Waals surface area contributed by atoms with Gasteiger partial charge in [0.15, 0.2) is 11.6 Å². The summed E-state index contributed by atoms with van der Waals surface area (Å²) in [5, 5.41) is 2.33. The Bertz CT molecular complexity index is 597. The van der Waals surface area contributed by atoms with Gasteiger partial charge in [-0.1, -0.05) is 18.2 Å². The van der Waals surface area contributed by atoms with E-state index in [-0.39, 0.29) is 12.1 Å². The Balaban J connectivity index is 2.05. The third-order valence-electron chi connectivity index (χ3n) is 2.57. The summed E-state index contributed by atoms with van der Waals surface area (Å²) in [4.78, 5) is 11.7. The first-order chi connectivity index (χ1) is 9.06. The average molecular weight is 262 g/mol. The van der Waals surface area contributed by atoms with Crippen LogP contribution in [0.15, 0.2) is 42.5 Å². The lowest BCUT2D eigenvalue weighted by Crippen LogP contribution is -2.15. The van der Waals surface area contributed by atoms with Crippen molar-refractivity contribution in [3.8, 4) is 0 Å². The van der Waals surface area contributed by atoms with Crippen LogP contribution in [0.5, 0.6) is 0 Å². The molecule has 1 amide bonds. The predicted octanol–water partition coefficient (Wildman–Crippen LogP) is 2.73. The maximum Gasteiger partial charge on any atom is 0.228 e. The molecule has 0 atom stereocenters. The summed E-state index contributed by atoms with van der Waals surface area (Å²) in [5.74, 6) is -2.48. The monoisotopic (exact) mass is 262 g/mol. The molecule has 5 heteroatoms. The van der Waals surface area contributed by atoms with Gasteiger partial charge >= 0.3 is 0 Å². The minimum absolute atomic E-state index is 0.0657. The Morgan fingerprint density at radius 2 is 1.79 bits per heavy atom. The Labute approximate surface area is 109 Å². The van der Waals surface area contributed by atoms with E-state index in [1.165, 1.54) is 12.1 Å². The van der Waals surface area contributed by atoms with Crippen molar-refractivity contribution in [1.82, 2.24) is 0 Å². The molecule has 0 aromatic heterocycles. The molecule has 0 spiro atoms. The van der Waals surface area contributed by atoms with E-state index in [1.54, 1.807) is 24.3 Å². The Morgan fingerprint density at radius 3 is 2.47 bits per heavy atom. The second kappa shape index (κ2) is 5.48. The normalized spacial score (nSPS) is 10.2. The van der Waals surface area contributed by atoms with Gasteiger partial charge < -0.3 is 11.1 Å². The zero-order chi connectivity index (χ0) is 13.8. The van der Waals surface area contributed by atoms with E-state index in [2.05, 4.69) is 5.32 Å². The van der Waals surface area contributed by atoms with Crippen molar-refractivity contribution in [3.05, 3.63) is 59.7 Å². The fourth-order valence-electron chi connectivity index (χ4n) is 1.62. The number of nitrogens with one attached hydrogen (secondary N) is 1. The lowest BCUT2D eigenvalue weighted by Gasteiger charge is -2.07. The molecule has 0 radical (unpaired) electrons. The zero-order valence-corrected chi connectivity index (χ0v) is 9.99. The van der Waals surface area contributed by atoms with Crippen LogP contribution in [0.2, 0.25) is 0 Å². The summed E-state index contributed by atoms with van der Waals surface area (Å²) in [6.07, 6.45) is 0.0657. The molecule has 2 rings (SSSR count). The number of nitrogens with two attached hydrogens (primary N) is 1. The quantitative estimate of drug-likeness (QED) is 0.836. The van der Waals surface area contributed by atoms with E-state index in [0.717, 1.165) is 11.6 Å². The van der Waals surface area contributed by atoms with E-state index in [9.17, 15) is 13.6 Å². The summed E-state index contributed by atoms with van der Waals surface area (Å²) in [5.41, 5.74) is 6.70. The Hall–Kier alpha value is -2.43. The summed E-state index contributed by atoms with van der Waals surface area (Å²) >= 11 is 0. The molecule has 0 aliphatic heterocycles. The fraction of sp³-hybridized carbons (Fsp3) is 0.0714. The van der Waals surface area contributed by atoms with Crippen molar-refractivity contribution < 1.29 is 13.6 Å². The molecule has 0 bridgehead atoms. The first-order valence-corrected chi connectivity index (χ1v) is 5.64. The van der Waals surface area contributed by atoms with Gasteiger partial charge in [0.2, 0.25) is 5.91 Å². The topological polar surface area (TPSA) is 55.1 Å². The second-order valence-corrected chi connectivity index (χ2v) is 4.07. The first kappa shape index (κ1) is 13.0. The molecule has 3 N–H and O–H groups in total. The van der Waals surface area contributed by atoms with Crippen LogP contribution < -0.4 is 11.1 Å². The van der Waals surface area contributed by atoms with Crippen molar-refractivity contribution in [1.29, 1.82) is 0 Å². The summed E-state index contributed by atoms with van der Waals surface area (Å²) in [7, 11) is 0. The number of hydrogen-bond acceptors (Lipinski definition) is 2. The molecule has 19 heavy (non-hydrogen) atoms. The Morgan fingerprint density at radius 1 is 1.11 bits per heavy atom. The largest absolute Gasteiger partial charge is 0.399 e. The molecule has 0 fully saturated rings. The summed E-state index contributed by atoms with van der Waals surface area (Å²) in [6.45, 7) is 0. The lowest BCUT2D eigenvalue weighted by atomic mass is 10.1. The van der Waals surface area contributed by atoms with Gasteiger partial charge in [-0.05, 0) is 29.8 Å². The van der Waals surface area contributed by atoms with Crippen molar-refractivity contribution >= 4 is 17.3 Å². The molecular formula is C14H12F2N2O. The minimum Gasteiger partial charge on any atom is -0.399 e. The number of carbonyl (C=O) groups excluding carboxylic acids is 1. The van der Waals surface area contributed by atoms with Crippen LogP contribution in [0.25, 0.3) is 0 Å². The van der Waals surface area contributed by atoms with Gasteiger partial charge in [0.05, 0.1) is 12.1 Å². The van der Waals surface area contributed by atoms with E-state index < -0.39 is 17.5 Å². The predicted molar refractivity (Wildman–Crippen MR) is 69.5 cm³/mol.